The Morgan fingerprint density at radius 1 is 1.18 bits per heavy atom. The highest BCUT2D eigenvalue weighted by atomic mass is 19.1. The molecule has 152 valence electrons. The third kappa shape index (κ3) is 4.33. The van der Waals surface area contributed by atoms with Gasteiger partial charge >= 0.3 is 0 Å². The highest BCUT2D eigenvalue weighted by Crippen LogP contribution is 2.27. The Kier molecular flexibility index (Phi) is 6.17. The number of rotatable bonds is 7. The van der Waals surface area contributed by atoms with Crippen molar-refractivity contribution in [1.82, 2.24) is 25.1 Å². The van der Waals surface area contributed by atoms with Crippen molar-refractivity contribution in [3.63, 3.8) is 0 Å². The average Bonchev–Trinajstić information content (AvgIpc) is 3.40. The Balaban J connectivity index is 1.43. The van der Waals surface area contributed by atoms with E-state index in [1.165, 1.54) is 12.1 Å². The van der Waals surface area contributed by atoms with E-state index in [1.807, 2.05) is 16.8 Å². The fourth-order valence-corrected chi connectivity index (χ4v) is 4.25. The summed E-state index contributed by atoms with van der Waals surface area (Å²) in [7, 11) is 0. The molecule has 0 aliphatic carbocycles. The van der Waals surface area contributed by atoms with E-state index in [0.717, 1.165) is 76.5 Å². The quantitative estimate of drug-likeness (QED) is 0.727. The zero-order valence-corrected chi connectivity index (χ0v) is 16.5. The molecule has 3 heterocycles. The minimum absolute atomic E-state index is 0.191. The van der Waals surface area contributed by atoms with Gasteiger partial charge in [-0.25, -0.2) is 9.07 Å². The van der Waals surface area contributed by atoms with Crippen LogP contribution in [0, 0.1) is 5.82 Å². The summed E-state index contributed by atoms with van der Waals surface area (Å²) in [6.07, 6.45) is 4.53. The maximum Gasteiger partial charge on any atom is 0.168 e. The lowest BCUT2D eigenvalue weighted by Gasteiger charge is -2.39. The SMILES string of the molecule is CCC[C@@H](c1nnnn1C[C@@H]1CCCO1)N1CCN(c2ccc(F)cc2)CC1. The normalized spacial score (nSPS) is 21.9. The number of anilines is 1. The van der Waals surface area contributed by atoms with Crippen molar-refractivity contribution in [1.29, 1.82) is 0 Å². The van der Waals surface area contributed by atoms with Crippen LogP contribution in [0.5, 0.6) is 0 Å². The van der Waals surface area contributed by atoms with E-state index in [4.69, 9.17) is 4.74 Å². The van der Waals surface area contributed by atoms with Crippen molar-refractivity contribution < 1.29 is 9.13 Å². The number of benzene rings is 1. The van der Waals surface area contributed by atoms with Crippen LogP contribution >= 0.6 is 0 Å². The summed E-state index contributed by atoms with van der Waals surface area (Å²) in [5, 5.41) is 12.6. The van der Waals surface area contributed by atoms with Gasteiger partial charge in [-0.05, 0) is 54.0 Å². The molecule has 4 rings (SSSR count). The molecule has 2 aliphatic rings. The first kappa shape index (κ1) is 19.3. The van der Waals surface area contributed by atoms with E-state index in [2.05, 4.69) is 32.2 Å². The van der Waals surface area contributed by atoms with Crippen LogP contribution in [0.3, 0.4) is 0 Å². The Morgan fingerprint density at radius 3 is 2.64 bits per heavy atom. The second-order valence-corrected chi connectivity index (χ2v) is 7.66. The summed E-state index contributed by atoms with van der Waals surface area (Å²) >= 11 is 0. The van der Waals surface area contributed by atoms with E-state index in [-0.39, 0.29) is 18.0 Å². The van der Waals surface area contributed by atoms with Crippen LogP contribution in [0.4, 0.5) is 10.1 Å². The second-order valence-electron chi connectivity index (χ2n) is 7.66. The molecule has 0 N–H and O–H groups in total. The molecule has 7 nitrogen and oxygen atoms in total. The third-order valence-corrected chi connectivity index (χ3v) is 5.77. The molecule has 1 aromatic carbocycles. The van der Waals surface area contributed by atoms with Gasteiger partial charge in [0.2, 0.25) is 0 Å². The number of nitrogens with zero attached hydrogens (tertiary/aromatic N) is 6. The Labute approximate surface area is 165 Å². The lowest BCUT2D eigenvalue weighted by atomic mass is 10.1. The van der Waals surface area contributed by atoms with E-state index in [0.29, 0.717) is 0 Å². The summed E-state index contributed by atoms with van der Waals surface area (Å²) in [6, 6.07) is 6.99. The molecule has 0 amide bonds. The molecule has 2 atom stereocenters. The fraction of sp³-hybridized carbons (Fsp3) is 0.650. The number of piperazine rings is 1. The van der Waals surface area contributed by atoms with Gasteiger partial charge in [0.1, 0.15) is 5.82 Å². The standard InChI is InChI=1S/C20H29FN6O/c1-2-4-19(20-22-23-24-27(20)15-18-5-3-14-28-18)26-12-10-25(11-13-26)17-8-6-16(21)7-9-17/h6-9,18-19H,2-5,10-15H2,1H3/t18-,19-/m0/s1. The van der Waals surface area contributed by atoms with Crippen molar-refractivity contribution >= 4 is 5.69 Å². The summed E-state index contributed by atoms with van der Waals surface area (Å²) in [5.41, 5.74) is 1.08. The van der Waals surface area contributed by atoms with Gasteiger partial charge in [0.25, 0.3) is 0 Å². The topological polar surface area (TPSA) is 59.3 Å². The van der Waals surface area contributed by atoms with Crippen LogP contribution in [0.1, 0.15) is 44.5 Å². The van der Waals surface area contributed by atoms with Crippen LogP contribution in [-0.4, -0.2) is 64.0 Å². The molecule has 0 radical (unpaired) electrons. The van der Waals surface area contributed by atoms with Crippen molar-refractivity contribution in [2.75, 3.05) is 37.7 Å². The van der Waals surface area contributed by atoms with Gasteiger partial charge in [-0.1, -0.05) is 13.3 Å². The first-order valence-corrected chi connectivity index (χ1v) is 10.4. The van der Waals surface area contributed by atoms with E-state index in [1.54, 1.807) is 0 Å². The van der Waals surface area contributed by atoms with E-state index >= 15 is 0 Å². The van der Waals surface area contributed by atoms with Gasteiger partial charge in [-0.15, -0.1) is 5.10 Å². The Hall–Kier alpha value is -2.06. The minimum Gasteiger partial charge on any atom is -0.376 e. The largest absolute Gasteiger partial charge is 0.376 e. The first-order valence-electron chi connectivity index (χ1n) is 10.4. The van der Waals surface area contributed by atoms with Crippen molar-refractivity contribution in [3.8, 4) is 0 Å². The Morgan fingerprint density at radius 2 is 1.96 bits per heavy atom. The van der Waals surface area contributed by atoms with Gasteiger partial charge in [0, 0.05) is 38.5 Å². The predicted octanol–water partition coefficient (Wildman–Crippen LogP) is 2.65. The molecule has 0 unspecified atom stereocenters. The number of tetrazole rings is 1. The molecule has 0 bridgehead atoms. The molecule has 2 aliphatic heterocycles. The molecule has 2 fully saturated rings. The molecular formula is C20H29FN6O. The molecule has 0 saturated carbocycles. The third-order valence-electron chi connectivity index (χ3n) is 5.77. The van der Waals surface area contributed by atoms with Crippen LogP contribution in [0.15, 0.2) is 24.3 Å². The zero-order chi connectivity index (χ0) is 19.3. The number of halogens is 1. The molecular weight excluding hydrogens is 359 g/mol. The molecule has 8 heteroatoms. The molecule has 0 spiro atoms. The van der Waals surface area contributed by atoms with Gasteiger partial charge < -0.3 is 9.64 Å². The Bertz CT molecular complexity index is 737. The lowest BCUT2D eigenvalue weighted by Crippen LogP contribution is -2.48. The fourth-order valence-electron chi connectivity index (χ4n) is 4.25. The second kappa shape index (κ2) is 8.96. The monoisotopic (exact) mass is 388 g/mol. The molecule has 2 saturated heterocycles. The van der Waals surface area contributed by atoms with E-state index < -0.39 is 0 Å². The maximum atomic E-state index is 13.2. The van der Waals surface area contributed by atoms with Gasteiger partial charge in [0.05, 0.1) is 18.7 Å². The molecule has 1 aromatic heterocycles. The predicted molar refractivity (Wildman–Crippen MR) is 105 cm³/mol. The number of aromatic nitrogens is 4. The van der Waals surface area contributed by atoms with Crippen LogP contribution in [0.25, 0.3) is 0 Å². The number of hydrogen-bond acceptors (Lipinski definition) is 6. The van der Waals surface area contributed by atoms with Crippen LogP contribution in [-0.2, 0) is 11.3 Å². The van der Waals surface area contributed by atoms with Crippen molar-refractivity contribution in [2.24, 2.45) is 0 Å². The summed E-state index contributed by atoms with van der Waals surface area (Å²) in [4.78, 5) is 4.80. The van der Waals surface area contributed by atoms with Crippen LogP contribution in [0.2, 0.25) is 0 Å². The maximum absolute atomic E-state index is 13.2. The summed E-state index contributed by atoms with van der Waals surface area (Å²) < 4.78 is 20.9. The van der Waals surface area contributed by atoms with E-state index in [9.17, 15) is 4.39 Å². The molecule has 28 heavy (non-hydrogen) atoms. The van der Waals surface area contributed by atoms with Gasteiger partial charge in [-0.2, -0.15) is 0 Å². The number of ether oxygens (including phenoxy) is 1. The van der Waals surface area contributed by atoms with Crippen molar-refractivity contribution in [3.05, 3.63) is 35.9 Å². The average molecular weight is 388 g/mol. The smallest absolute Gasteiger partial charge is 0.168 e. The highest BCUT2D eigenvalue weighted by Gasteiger charge is 2.29. The van der Waals surface area contributed by atoms with Gasteiger partial charge in [-0.3, -0.25) is 4.90 Å². The van der Waals surface area contributed by atoms with Gasteiger partial charge in [0.15, 0.2) is 5.82 Å². The zero-order valence-electron chi connectivity index (χ0n) is 16.5. The lowest BCUT2D eigenvalue weighted by molar-refractivity contribution is 0.0891. The first-order chi connectivity index (χ1) is 13.7. The number of hydrogen-bond donors (Lipinski definition) is 0. The highest BCUT2D eigenvalue weighted by molar-refractivity contribution is 5.46. The minimum atomic E-state index is -0.191. The van der Waals surface area contributed by atoms with Crippen LogP contribution < -0.4 is 4.90 Å². The van der Waals surface area contributed by atoms with Crippen molar-refractivity contribution in [2.45, 2.75) is 51.3 Å². The molecule has 2 aromatic rings. The summed E-state index contributed by atoms with van der Waals surface area (Å²) in [5.74, 6) is 0.760. The summed E-state index contributed by atoms with van der Waals surface area (Å²) in [6.45, 7) is 7.49.